The van der Waals surface area contributed by atoms with E-state index in [4.69, 9.17) is 14.2 Å². The van der Waals surface area contributed by atoms with Gasteiger partial charge in [-0.25, -0.2) is 9.79 Å². The summed E-state index contributed by atoms with van der Waals surface area (Å²) in [5.41, 5.74) is 1.72. The summed E-state index contributed by atoms with van der Waals surface area (Å²) in [5.74, 6) is 1.23. The maximum atomic E-state index is 12.1. The highest BCUT2D eigenvalue weighted by molar-refractivity contribution is 6.13. The number of benzene rings is 2. The van der Waals surface area contributed by atoms with Crippen LogP contribution in [0.15, 0.2) is 59.2 Å². The molecule has 0 amide bonds. The number of ether oxygens (including phenoxy) is 3. The molecule has 0 aromatic heterocycles. The number of carbonyl (C=O) groups is 1. The molecule has 0 fully saturated rings. The van der Waals surface area contributed by atoms with Crippen molar-refractivity contribution in [3.63, 3.8) is 0 Å². The van der Waals surface area contributed by atoms with E-state index in [9.17, 15) is 4.79 Å². The maximum Gasteiger partial charge on any atom is 0.363 e. The molecule has 0 N–H and O–H groups in total. The average molecular weight is 323 g/mol. The third-order valence-electron chi connectivity index (χ3n) is 3.46. The van der Waals surface area contributed by atoms with Crippen molar-refractivity contribution in [1.82, 2.24) is 0 Å². The van der Waals surface area contributed by atoms with Gasteiger partial charge in [0.15, 0.2) is 5.70 Å². The van der Waals surface area contributed by atoms with Crippen LogP contribution in [0.25, 0.3) is 6.08 Å². The van der Waals surface area contributed by atoms with Crippen LogP contribution in [0, 0.1) is 0 Å². The molecule has 2 aromatic carbocycles. The van der Waals surface area contributed by atoms with Crippen molar-refractivity contribution in [1.29, 1.82) is 0 Å². The number of nitrogens with zero attached hydrogens (tertiary/aromatic N) is 1. The van der Waals surface area contributed by atoms with Crippen molar-refractivity contribution in [2.24, 2.45) is 4.99 Å². The molecular formula is C19H17NO4. The largest absolute Gasteiger partial charge is 0.496 e. The number of esters is 1. The molecule has 1 aliphatic heterocycles. The van der Waals surface area contributed by atoms with Gasteiger partial charge >= 0.3 is 5.97 Å². The lowest BCUT2D eigenvalue weighted by Gasteiger charge is -2.03. The average Bonchev–Trinajstić information content (AvgIpc) is 2.97. The van der Waals surface area contributed by atoms with Crippen LogP contribution >= 0.6 is 0 Å². The maximum absolute atomic E-state index is 12.1. The second-order valence-corrected chi connectivity index (χ2v) is 5.04. The molecule has 5 nitrogen and oxygen atoms in total. The van der Waals surface area contributed by atoms with E-state index in [1.54, 1.807) is 13.2 Å². The first-order chi connectivity index (χ1) is 11.7. The monoisotopic (exact) mass is 323 g/mol. The zero-order chi connectivity index (χ0) is 16.9. The molecule has 0 spiro atoms. The summed E-state index contributed by atoms with van der Waals surface area (Å²) in [6.45, 7) is 2.52. The minimum Gasteiger partial charge on any atom is -0.496 e. The van der Waals surface area contributed by atoms with Crippen LogP contribution in [-0.2, 0) is 9.53 Å². The fourth-order valence-corrected chi connectivity index (χ4v) is 2.33. The van der Waals surface area contributed by atoms with Crippen LogP contribution in [0.4, 0.5) is 0 Å². The highest BCUT2D eigenvalue weighted by Crippen LogP contribution is 2.24. The third-order valence-corrected chi connectivity index (χ3v) is 3.46. The first kappa shape index (κ1) is 15.8. The Hall–Kier alpha value is -3.08. The Kier molecular flexibility index (Phi) is 4.61. The minimum absolute atomic E-state index is 0.239. The number of methoxy groups -OCH3 is 1. The number of rotatable bonds is 5. The van der Waals surface area contributed by atoms with Gasteiger partial charge in [0.1, 0.15) is 11.5 Å². The van der Waals surface area contributed by atoms with E-state index in [-0.39, 0.29) is 11.6 Å². The van der Waals surface area contributed by atoms with Gasteiger partial charge in [-0.05, 0) is 43.3 Å². The smallest absolute Gasteiger partial charge is 0.363 e. The lowest BCUT2D eigenvalue weighted by atomic mass is 10.1. The molecule has 1 aliphatic rings. The number of aliphatic imine (C=N–C) groups is 1. The van der Waals surface area contributed by atoms with Crippen LogP contribution in [0.2, 0.25) is 0 Å². The van der Waals surface area contributed by atoms with E-state index < -0.39 is 5.97 Å². The van der Waals surface area contributed by atoms with E-state index in [2.05, 4.69) is 4.99 Å². The van der Waals surface area contributed by atoms with Gasteiger partial charge in [-0.3, -0.25) is 0 Å². The first-order valence-corrected chi connectivity index (χ1v) is 7.60. The van der Waals surface area contributed by atoms with Crippen molar-refractivity contribution in [2.75, 3.05) is 13.7 Å². The Labute approximate surface area is 140 Å². The van der Waals surface area contributed by atoms with E-state index >= 15 is 0 Å². The molecule has 2 aromatic rings. The van der Waals surface area contributed by atoms with Crippen LogP contribution in [-0.4, -0.2) is 25.6 Å². The van der Waals surface area contributed by atoms with Gasteiger partial charge in [-0.15, -0.1) is 0 Å². The van der Waals surface area contributed by atoms with Gasteiger partial charge in [0.05, 0.1) is 13.7 Å². The SMILES string of the molecule is CCOc1ccc(C2=N/C(=C\c3ccccc3OC)C(=O)O2)cc1. The lowest BCUT2D eigenvalue weighted by molar-refractivity contribution is -0.129. The van der Waals surface area contributed by atoms with Gasteiger partial charge in [-0.2, -0.15) is 0 Å². The number of cyclic esters (lactones) is 1. The summed E-state index contributed by atoms with van der Waals surface area (Å²) in [4.78, 5) is 16.4. The summed E-state index contributed by atoms with van der Waals surface area (Å²) >= 11 is 0. The van der Waals surface area contributed by atoms with Crippen molar-refractivity contribution >= 4 is 17.9 Å². The number of hydrogen-bond donors (Lipinski definition) is 0. The molecule has 3 rings (SSSR count). The molecular weight excluding hydrogens is 306 g/mol. The second-order valence-electron chi connectivity index (χ2n) is 5.04. The quantitative estimate of drug-likeness (QED) is 0.625. The summed E-state index contributed by atoms with van der Waals surface area (Å²) < 4.78 is 15.9. The Morgan fingerprint density at radius 3 is 2.58 bits per heavy atom. The molecule has 122 valence electrons. The van der Waals surface area contributed by atoms with Crippen molar-refractivity contribution in [3.05, 3.63) is 65.4 Å². The number of para-hydroxylation sites is 1. The van der Waals surface area contributed by atoms with Gasteiger partial charge in [0, 0.05) is 11.1 Å². The zero-order valence-electron chi connectivity index (χ0n) is 13.5. The van der Waals surface area contributed by atoms with Crippen molar-refractivity contribution in [3.8, 4) is 11.5 Å². The van der Waals surface area contributed by atoms with Gasteiger partial charge in [0.2, 0.25) is 5.90 Å². The molecule has 1 heterocycles. The predicted octanol–water partition coefficient (Wildman–Crippen LogP) is 3.44. The Balaban J connectivity index is 1.88. The standard InChI is InChI=1S/C19H17NO4/c1-3-23-15-10-8-13(9-11-15)18-20-16(19(21)24-18)12-14-6-4-5-7-17(14)22-2/h4-12H,3H2,1-2H3/b16-12-. The molecule has 0 aliphatic carbocycles. The van der Waals surface area contributed by atoms with Crippen LogP contribution in [0.1, 0.15) is 18.1 Å². The molecule has 0 radical (unpaired) electrons. The number of carbonyl (C=O) groups excluding carboxylic acids is 1. The van der Waals surface area contributed by atoms with Gasteiger partial charge in [-0.1, -0.05) is 18.2 Å². The van der Waals surface area contributed by atoms with E-state index in [0.29, 0.717) is 12.4 Å². The molecule has 0 saturated heterocycles. The zero-order valence-corrected chi connectivity index (χ0v) is 13.5. The van der Waals surface area contributed by atoms with E-state index in [1.807, 2.05) is 55.5 Å². The normalized spacial score (nSPS) is 15.2. The lowest BCUT2D eigenvalue weighted by Crippen LogP contribution is -2.05. The Morgan fingerprint density at radius 2 is 1.88 bits per heavy atom. The molecule has 0 atom stereocenters. The molecule has 24 heavy (non-hydrogen) atoms. The van der Waals surface area contributed by atoms with E-state index in [1.165, 1.54) is 0 Å². The fourth-order valence-electron chi connectivity index (χ4n) is 2.33. The molecule has 0 saturated carbocycles. The van der Waals surface area contributed by atoms with Crippen LogP contribution in [0.3, 0.4) is 0 Å². The first-order valence-electron chi connectivity index (χ1n) is 7.60. The molecule has 0 bridgehead atoms. The fraction of sp³-hybridized carbons (Fsp3) is 0.158. The topological polar surface area (TPSA) is 57.1 Å². The third kappa shape index (κ3) is 3.30. The second kappa shape index (κ2) is 7.00. The summed E-state index contributed by atoms with van der Waals surface area (Å²) in [6.07, 6.45) is 1.66. The van der Waals surface area contributed by atoms with E-state index in [0.717, 1.165) is 16.9 Å². The number of hydrogen-bond acceptors (Lipinski definition) is 5. The molecule has 0 unspecified atom stereocenters. The predicted molar refractivity (Wildman–Crippen MR) is 91.2 cm³/mol. The van der Waals surface area contributed by atoms with Gasteiger partial charge in [0.25, 0.3) is 0 Å². The highest BCUT2D eigenvalue weighted by atomic mass is 16.6. The van der Waals surface area contributed by atoms with Crippen molar-refractivity contribution < 1.29 is 19.0 Å². The highest BCUT2D eigenvalue weighted by Gasteiger charge is 2.24. The van der Waals surface area contributed by atoms with Crippen LogP contribution in [0.5, 0.6) is 11.5 Å². The summed E-state index contributed by atoms with van der Waals surface area (Å²) in [6, 6.07) is 14.7. The summed E-state index contributed by atoms with van der Waals surface area (Å²) in [5, 5.41) is 0. The van der Waals surface area contributed by atoms with Gasteiger partial charge < -0.3 is 14.2 Å². The Morgan fingerprint density at radius 1 is 1.12 bits per heavy atom. The van der Waals surface area contributed by atoms with Crippen molar-refractivity contribution in [2.45, 2.75) is 6.92 Å². The Bertz CT molecular complexity index is 806. The minimum atomic E-state index is -0.482. The molecule has 5 heteroatoms. The summed E-state index contributed by atoms with van der Waals surface area (Å²) in [7, 11) is 1.58. The van der Waals surface area contributed by atoms with Crippen LogP contribution < -0.4 is 9.47 Å².